The van der Waals surface area contributed by atoms with Crippen LogP contribution < -0.4 is 9.74 Å². The molecule has 5 nitrogen and oxygen atoms in total. The Morgan fingerprint density at radius 1 is 1.30 bits per heavy atom. The van der Waals surface area contributed by atoms with Crippen LogP contribution in [-0.2, 0) is 16.5 Å². The van der Waals surface area contributed by atoms with E-state index in [1.165, 1.54) is 6.20 Å². The zero-order valence-corrected chi connectivity index (χ0v) is 14.5. The number of aromatic amines is 1. The van der Waals surface area contributed by atoms with Crippen molar-refractivity contribution >= 4 is 11.1 Å². The molecule has 124 valence electrons. The first-order valence-corrected chi connectivity index (χ1v) is 8.45. The van der Waals surface area contributed by atoms with E-state index in [-0.39, 0.29) is 11.2 Å². The van der Waals surface area contributed by atoms with Gasteiger partial charge in [0.2, 0.25) is 11.1 Å². The molecular weight excluding hydrogens is 314 g/mol. The van der Waals surface area contributed by atoms with E-state index in [4.69, 9.17) is 4.18 Å². The Morgan fingerprint density at radius 3 is 2.61 bits per heavy atom. The molecule has 0 amide bonds. The molecule has 23 heavy (non-hydrogen) atoms. The maximum Gasteiger partial charge on any atom is 0.290 e. The van der Waals surface area contributed by atoms with Crippen LogP contribution in [0.5, 0.6) is 11.5 Å². The van der Waals surface area contributed by atoms with Gasteiger partial charge in [0.15, 0.2) is 11.5 Å². The molecule has 0 bridgehead atoms. The Bertz CT molecular complexity index is 795. The molecule has 2 N–H and O–H groups in total. The third-order valence-corrected chi connectivity index (χ3v) is 5.20. The van der Waals surface area contributed by atoms with E-state index in [0.717, 1.165) is 23.6 Å². The van der Waals surface area contributed by atoms with Gasteiger partial charge >= 0.3 is 0 Å². The highest BCUT2D eigenvalue weighted by Crippen LogP contribution is 2.29. The summed E-state index contributed by atoms with van der Waals surface area (Å²) in [6, 6.07) is 6.99. The number of hydrogen-bond donors (Lipinski definition) is 2. The third kappa shape index (κ3) is 3.82. The molecule has 1 atom stereocenters. The minimum Gasteiger partial charge on any atom is -0.503 e. The Kier molecular flexibility index (Phi) is 4.94. The number of aromatic nitrogens is 1. The van der Waals surface area contributed by atoms with Crippen LogP contribution in [0.1, 0.15) is 38.3 Å². The summed E-state index contributed by atoms with van der Waals surface area (Å²) in [6.45, 7) is 8.23. The molecule has 0 aliphatic heterocycles. The Balaban J connectivity index is 2.33. The van der Waals surface area contributed by atoms with E-state index in [1.807, 2.05) is 25.1 Å². The lowest BCUT2D eigenvalue weighted by Gasteiger charge is -2.24. The molecular formula is C17H21NO4S. The van der Waals surface area contributed by atoms with Crippen molar-refractivity contribution in [3.63, 3.8) is 0 Å². The number of aromatic hydroxyl groups is 1. The fraction of sp³-hybridized carbons (Fsp3) is 0.353. The lowest BCUT2D eigenvalue weighted by molar-refractivity contribution is 0.461. The molecule has 0 fully saturated rings. The van der Waals surface area contributed by atoms with Crippen LogP contribution >= 0.6 is 0 Å². The standard InChI is InChI=1S/C17H21NO4S/c1-5-17(3,4)12-7-6-11(2)15(8-12)23(21)22-13-9-14(19)16(20)18-10-13/h6-10,19H,5H2,1-4H3,(H,18,20). The molecule has 1 aromatic carbocycles. The number of benzene rings is 1. The van der Waals surface area contributed by atoms with Gasteiger partial charge in [-0.3, -0.25) is 4.79 Å². The predicted octanol–water partition coefficient (Wildman–Crippen LogP) is 3.18. The van der Waals surface area contributed by atoms with Crippen LogP contribution in [0.25, 0.3) is 0 Å². The highest BCUT2D eigenvalue weighted by atomic mass is 32.2. The van der Waals surface area contributed by atoms with Crippen LogP contribution in [0.2, 0.25) is 0 Å². The zero-order chi connectivity index (χ0) is 17.2. The Hall–Kier alpha value is -2.08. The maximum absolute atomic E-state index is 12.5. The molecule has 0 spiro atoms. The normalized spacial score (nSPS) is 12.9. The van der Waals surface area contributed by atoms with Gasteiger partial charge in [0, 0.05) is 12.3 Å². The van der Waals surface area contributed by atoms with Crippen molar-refractivity contribution in [1.29, 1.82) is 0 Å². The number of H-pyrrole nitrogens is 1. The fourth-order valence-corrected chi connectivity index (χ4v) is 2.95. The minimum atomic E-state index is -1.74. The summed E-state index contributed by atoms with van der Waals surface area (Å²) in [5, 5.41) is 9.40. The number of nitrogens with one attached hydrogen (secondary N) is 1. The lowest BCUT2D eigenvalue weighted by Crippen LogP contribution is -2.16. The quantitative estimate of drug-likeness (QED) is 0.879. The summed E-state index contributed by atoms with van der Waals surface area (Å²) < 4.78 is 17.9. The van der Waals surface area contributed by atoms with E-state index in [2.05, 4.69) is 25.8 Å². The zero-order valence-electron chi connectivity index (χ0n) is 13.7. The highest BCUT2D eigenvalue weighted by molar-refractivity contribution is 7.80. The van der Waals surface area contributed by atoms with Gasteiger partial charge in [-0.15, -0.1) is 0 Å². The van der Waals surface area contributed by atoms with Crippen molar-refractivity contribution in [2.45, 2.75) is 44.4 Å². The van der Waals surface area contributed by atoms with Crippen molar-refractivity contribution in [1.82, 2.24) is 4.98 Å². The predicted molar refractivity (Wildman–Crippen MR) is 90.3 cm³/mol. The van der Waals surface area contributed by atoms with Gasteiger partial charge in [0.1, 0.15) is 0 Å². The van der Waals surface area contributed by atoms with E-state index in [0.29, 0.717) is 4.90 Å². The van der Waals surface area contributed by atoms with Gasteiger partial charge in [-0.25, -0.2) is 4.21 Å². The highest BCUT2D eigenvalue weighted by Gasteiger charge is 2.21. The van der Waals surface area contributed by atoms with Crippen molar-refractivity contribution < 1.29 is 13.5 Å². The van der Waals surface area contributed by atoms with Crippen LogP contribution in [-0.4, -0.2) is 14.3 Å². The second-order valence-corrected chi connectivity index (χ2v) is 7.16. The number of aryl methyl sites for hydroxylation is 1. The van der Waals surface area contributed by atoms with Gasteiger partial charge in [-0.05, 0) is 36.0 Å². The summed E-state index contributed by atoms with van der Waals surface area (Å²) in [4.78, 5) is 14.0. The second-order valence-electron chi connectivity index (χ2n) is 6.09. The number of hydrogen-bond acceptors (Lipinski definition) is 4. The van der Waals surface area contributed by atoms with Crippen molar-refractivity contribution in [2.24, 2.45) is 0 Å². The van der Waals surface area contributed by atoms with Crippen molar-refractivity contribution in [2.75, 3.05) is 0 Å². The fourth-order valence-electron chi connectivity index (χ4n) is 2.04. The van der Waals surface area contributed by atoms with Crippen LogP contribution in [0, 0.1) is 6.92 Å². The minimum absolute atomic E-state index is 0.0249. The van der Waals surface area contributed by atoms with Crippen LogP contribution in [0.3, 0.4) is 0 Å². The van der Waals surface area contributed by atoms with E-state index in [9.17, 15) is 14.1 Å². The Morgan fingerprint density at radius 2 is 2.00 bits per heavy atom. The summed E-state index contributed by atoms with van der Waals surface area (Å²) in [7, 11) is 0. The average molecular weight is 335 g/mol. The largest absolute Gasteiger partial charge is 0.503 e. The number of rotatable bonds is 5. The van der Waals surface area contributed by atoms with Gasteiger partial charge in [-0.2, -0.15) is 0 Å². The first kappa shape index (κ1) is 17.3. The monoisotopic (exact) mass is 335 g/mol. The van der Waals surface area contributed by atoms with Crippen molar-refractivity contribution in [3.05, 3.63) is 51.9 Å². The molecule has 2 rings (SSSR count). The molecule has 0 radical (unpaired) electrons. The first-order chi connectivity index (χ1) is 10.7. The van der Waals surface area contributed by atoms with E-state index < -0.39 is 22.4 Å². The molecule has 6 heteroatoms. The molecule has 2 aromatic rings. The molecule has 1 heterocycles. The summed E-state index contributed by atoms with van der Waals surface area (Å²) in [5.41, 5.74) is 1.30. The third-order valence-electron chi connectivity index (χ3n) is 4.06. The second kappa shape index (κ2) is 6.58. The van der Waals surface area contributed by atoms with E-state index >= 15 is 0 Å². The van der Waals surface area contributed by atoms with Crippen molar-refractivity contribution in [3.8, 4) is 11.5 Å². The molecule has 0 saturated carbocycles. The molecule has 0 aliphatic carbocycles. The molecule has 0 saturated heterocycles. The first-order valence-electron chi connectivity index (χ1n) is 7.37. The summed E-state index contributed by atoms with van der Waals surface area (Å²) in [5.74, 6) is -0.336. The van der Waals surface area contributed by atoms with Crippen LogP contribution in [0.4, 0.5) is 0 Å². The molecule has 1 unspecified atom stereocenters. The topological polar surface area (TPSA) is 79.4 Å². The maximum atomic E-state index is 12.5. The van der Waals surface area contributed by atoms with Gasteiger partial charge in [-0.1, -0.05) is 32.9 Å². The molecule has 0 aliphatic rings. The molecule has 1 aromatic heterocycles. The van der Waals surface area contributed by atoms with E-state index in [1.54, 1.807) is 0 Å². The number of pyridine rings is 1. The Labute approximate surface area is 138 Å². The van der Waals surface area contributed by atoms with Crippen LogP contribution in [0.15, 0.2) is 40.2 Å². The summed E-state index contributed by atoms with van der Waals surface area (Å²) in [6.07, 6.45) is 2.23. The lowest BCUT2D eigenvalue weighted by atomic mass is 9.82. The summed E-state index contributed by atoms with van der Waals surface area (Å²) >= 11 is -1.74. The van der Waals surface area contributed by atoms with Gasteiger partial charge < -0.3 is 14.3 Å². The SMILES string of the molecule is CCC(C)(C)c1ccc(C)c(S(=O)Oc2c[nH]c(=O)c(O)c2)c1. The average Bonchev–Trinajstić information content (AvgIpc) is 2.51. The smallest absolute Gasteiger partial charge is 0.290 e. The van der Waals surface area contributed by atoms with Gasteiger partial charge in [0.05, 0.1) is 4.90 Å². The van der Waals surface area contributed by atoms with Gasteiger partial charge in [0.25, 0.3) is 5.56 Å².